The van der Waals surface area contributed by atoms with Crippen molar-refractivity contribution in [2.75, 3.05) is 11.9 Å². The van der Waals surface area contributed by atoms with E-state index in [-0.39, 0.29) is 53.4 Å². The van der Waals surface area contributed by atoms with Crippen LogP contribution in [-0.2, 0) is 15.8 Å². The van der Waals surface area contributed by atoms with Gasteiger partial charge in [0.1, 0.15) is 24.6 Å². The molecule has 0 aliphatic carbocycles. The smallest absolute Gasteiger partial charge is 0.292 e. The van der Waals surface area contributed by atoms with Crippen molar-refractivity contribution in [1.29, 1.82) is 0 Å². The molecule has 1 aliphatic heterocycles. The third-order valence-corrected chi connectivity index (χ3v) is 14.2. The Bertz CT molecular complexity index is 2220. The van der Waals surface area contributed by atoms with Crippen molar-refractivity contribution in [3.8, 4) is 28.8 Å². The van der Waals surface area contributed by atoms with Gasteiger partial charge < -0.3 is 28.7 Å². The minimum Gasteiger partial charge on any atom is -0.471 e. The van der Waals surface area contributed by atoms with E-state index in [2.05, 4.69) is 59.3 Å². The van der Waals surface area contributed by atoms with E-state index in [9.17, 15) is 15.2 Å². The van der Waals surface area contributed by atoms with E-state index in [0.717, 1.165) is 11.1 Å². The first-order chi connectivity index (χ1) is 25.4. The highest BCUT2D eigenvalue weighted by Gasteiger charge is 2.45. The molecule has 1 fully saturated rings. The van der Waals surface area contributed by atoms with Crippen LogP contribution in [0.5, 0.6) is 5.88 Å². The molecule has 0 bridgehead atoms. The van der Waals surface area contributed by atoms with Gasteiger partial charge in [-0.2, -0.15) is 9.97 Å². The maximum Gasteiger partial charge on any atom is 0.292 e. The van der Waals surface area contributed by atoms with E-state index in [1.807, 2.05) is 60.7 Å². The molecule has 3 atom stereocenters. The highest BCUT2D eigenvalue weighted by atomic mass is 28.4. The lowest BCUT2D eigenvalue weighted by Crippen LogP contribution is -2.46. The normalized spacial score (nSPS) is 17.7. The van der Waals surface area contributed by atoms with Gasteiger partial charge >= 0.3 is 0 Å². The summed E-state index contributed by atoms with van der Waals surface area (Å²) in [4.78, 5) is 25.7. The predicted molar refractivity (Wildman–Crippen MR) is 199 cm³/mol. The molecular weight excluding hydrogens is 697 g/mol. The second-order valence-electron chi connectivity index (χ2n) is 14.3. The van der Waals surface area contributed by atoms with Gasteiger partial charge in [-0.05, 0) is 48.0 Å². The molecule has 0 spiro atoms. The Labute approximate surface area is 306 Å². The number of nitro benzene ring substituents is 1. The number of fused-ring (bicyclic) bond motifs is 1. The highest BCUT2D eigenvalue weighted by Crippen LogP contribution is 2.42. The number of aromatic nitrogens is 6. The zero-order valence-corrected chi connectivity index (χ0v) is 31.0. The number of imidazole rings is 1. The number of rotatable bonds is 12. The highest BCUT2D eigenvalue weighted by molar-refractivity contribution is 6.74. The van der Waals surface area contributed by atoms with Crippen molar-refractivity contribution in [2.24, 2.45) is 0 Å². The second-order valence-corrected chi connectivity index (χ2v) is 19.1. The van der Waals surface area contributed by atoms with Gasteiger partial charge in [-0.1, -0.05) is 69.3 Å². The van der Waals surface area contributed by atoms with Gasteiger partial charge in [0.2, 0.25) is 23.6 Å². The summed E-state index contributed by atoms with van der Waals surface area (Å²) >= 11 is 0. The molecule has 15 nitrogen and oxygen atoms in total. The SMILES string of the molecule is CC(C)(C)[Si](C)(C)O[C@@H]1C[C@H](n2cnc3c(OCc4ccccc4)nc(Nc4cc(-c5nnc(-c6ccccc6)o5)ccc4[N+](=O)[O-])nc32)O[C@@H]1CO. The van der Waals surface area contributed by atoms with Crippen LogP contribution in [0.2, 0.25) is 18.1 Å². The fourth-order valence-electron chi connectivity index (χ4n) is 5.78. The van der Waals surface area contributed by atoms with Gasteiger partial charge in [0.25, 0.3) is 5.69 Å². The van der Waals surface area contributed by atoms with E-state index in [4.69, 9.17) is 23.3 Å². The summed E-state index contributed by atoms with van der Waals surface area (Å²) in [5.41, 5.74) is 2.68. The standard InChI is InChI=1S/C37H40N8O7Si/c1-37(2,3)53(4,5)52-28-19-30(50-29(28)20-46)44-22-38-31-32(44)40-36(41-35(31)49-21-23-12-8-6-9-13-23)39-26-18-25(16-17-27(26)45(47)48)34-43-42-33(51-34)24-14-10-7-11-15-24/h6-18,22,28-30,46H,19-21H2,1-5H3,(H,39,40,41)/t28-,29-,30-/m1/s1. The minimum absolute atomic E-state index is 0.0174. The predicted octanol–water partition coefficient (Wildman–Crippen LogP) is 7.44. The fourth-order valence-corrected chi connectivity index (χ4v) is 7.14. The first-order valence-electron chi connectivity index (χ1n) is 17.2. The van der Waals surface area contributed by atoms with Crippen LogP contribution in [0, 0.1) is 10.1 Å². The number of aliphatic hydroxyl groups excluding tert-OH is 1. The lowest BCUT2D eigenvalue weighted by molar-refractivity contribution is -0.383. The Morgan fingerprint density at radius 1 is 1.00 bits per heavy atom. The number of nitro groups is 1. The number of hydrogen-bond donors (Lipinski definition) is 2. The molecule has 53 heavy (non-hydrogen) atoms. The Hall–Kier alpha value is -5.55. The molecule has 0 saturated carbocycles. The Morgan fingerprint density at radius 2 is 1.70 bits per heavy atom. The van der Waals surface area contributed by atoms with Gasteiger partial charge in [0.05, 0.1) is 24.0 Å². The van der Waals surface area contributed by atoms with Crippen LogP contribution in [0.4, 0.5) is 17.3 Å². The van der Waals surface area contributed by atoms with E-state index in [1.54, 1.807) is 10.9 Å². The zero-order chi connectivity index (χ0) is 37.3. The molecular formula is C37H40N8O7Si. The second kappa shape index (κ2) is 14.5. The maximum absolute atomic E-state index is 12.2. The summed E-state index contributed by atoms with van der Waals surface area (Å²) in [6.07, 6.45) is 0.547. The van der Waals surface area contributed by atoms with Crippen molar-refractivity contribution in [1.82, 2.24) is 29.7 Å². The quantitative estimate of drug-likeness (QED) is 0.0718. The molecule has 1 saturated heterocycles. The van der Waals surface area contributed by atoms with Crippen LogP contribution in [0.3, 0.4) is 0 Å². The Morgan fingerprint density at radius 3 is 2.38 bits per heavy atom. The van der Waals surface area contributed by atoms with Crippen molar-refractivity contribution >= 4 is 36.8 Å². The lowest BCUT2D eigenvalue weighted by Gasteiger charge is -2.39. The Kier molecular flexibility index (Phi) is 9.78. The van der Waals surface area contributed by atoms with Crippen molar-refractivity contribution in [3.05, 3.63) is 101 Å². The van der Waals surface area contributed by atoms with Crippen LogP contribution in [-0.4, -0.2) is 66.9 Å². The largest absolute Gasteiger partial charge is 0.471 e. The average Bonchev–Trinajstić information content (AvgIpc) is 3.90. The molecule has 2 N–H and O–H groups in total. The van der Waals surface area contributed by atoms with Crippen LogP contribution >= 0.6 is 0 Å². The average molecular weight is 737 g/mol. The van der Waals surface area contributed by atoms with Crippen molar-refractivity contribution < 1.29 is 28.3 Å². The topological polar surface area (TPSA) is 186 Å². The van der Waals surface area contributed by atoms with Crippen molar-refractivity contribution in [3.63, 3.8) is 0 Å². The number of aliphatic hydroxyl groups is 1. The van der Waals surface area contributed by atoms with Gasteiger partial charge in [0.15, 0.2) is 19.5 Å². The third kappa shape index (κ3) is 7.52. The summed E-state index contributed by atoms with van der Waals surface area (Å²) < 4.78 is 26.9. The lowest BCUT2D eigenvalue weighted by atomic mass is 10.1. The van der Waals surface area contributed by atoms with Crippen molar-refractivity contribution in [2.45, 2.75) is 70.4 Å². The Balaban J connectivity index is 1.25. The number of hydrogen-bond acceptors (Lipinski definition) is 13. The molecule has 7 rings (SSSR count). The van der Waals surface area contributed by atoms with E-state index in [0.29, 0.717) is 29.0 Å². The monoisotopic (exact) mass is 736 g/mol. The molecule has 274 valence electrons. The third-order valence-electron chi connectivity index (χ3n) is 9.66. The summed E-state index contributed by atoms with van der Waals surface area (Å²) in [5, 5.41) is 33.8. The molecule has 4 heterocycles. The van der Waals surface area contributed by atoms with Gasteiger partial charge in [-0.3, -0.25) is 14.7 Å². The summed E-state index contributed by atoms with van der Waals surface area (Å²) in [6, 6.07) is 23.3. The zero-order valence-electron chi connectivity index (χ0n) is 30.0. The van der Waals surface area contributed by atoms with E-state index in [1.165, 1.54) is 18.2 Å². The first kappa shape index (κ1) is 35.8. The van der Waals surface area contributed by atoms with Gasteiger partial charge in [-0.15, -0.1) is 10.2 Å². The molecule has 0 radical (unpaired) electrons. The molecule has 16 heteroatoms. The summed E-state index contributed by atoms with van der Waals surface area (Å²) in [5.74, 6) is 0.664. The molecule has 3 aromatic heterocycles. The van der Waals surface area contributed by atoms with Crippen LogP contribution in [0.25, 0.3) is 34.1 Å². The molecule has 6 aromatic rings. The summed E-state index contributed by atoms with van der Waals surface area (Å²) in [6.45, 7) is 10.8. The molecule has 1 aliphatic rings. The molecule has 3 aromatic carbocycles. The first-order valence-corrected chi connectivity index (χ1v) is 20.1. The number of benzene rings is 3. The molecule has 0 unspecified atom stereocenters. The van der Waals surface area contributed by atoms with Crippen LogP contribution in [0.15, 0.2) is 89.6 Å². The van der Waals surface area contributed by atoms with E-state index >= 15 is 0 Å². The number of anilines is 2. The number of ether oxygens (including phenoxy) is 2. The van der Waals surface area contributed by atoms with Gasteiger partial charge in [0, 0.05) is 23.6 Å². The van der Waals surface area contributed by atoms with E-state index < -0.39 is 25.6 Å². The van der Waals surface area contributed by atoms with Gasteiger partial charge in [-0.25, -0.2) is 4.98 Å². The molecule has 0 amide bonds. The summed E-state index contributed by atoms with van der Waals surface area (Å²) in [7, 11) is -2.20. The number of nitrogens with zero attached hydrogens (tertiary/aromatic N) is 7. The van der Waals surface area contributed by atoms with Crippen LogP contribution in [0.1, 0.15) is 39.0 Å². The fraction of sp³-hybridized carbons (Fsp3) is 0.324. The minimum atomic E-state index is -2.20. The van der Waals surface area contributed by atoms with Crippen LogP contribution < -0.4 is 10.1 Å². The number of nitrogens with one attached hydrogen (secondary N) is 1. The maximum atomic E-state index is 12.2.